The lowest BCUT2D eigenvalue weighted by molar-refractivity contribution is -0.123. The quantitative estimate of drug-likeness (QED) is 0.474. The summed E-state index contributed by atoms with van der Waals surface area (Å²) in [4.78, 5) is 19.1. The number of nitrogens with zero attached hydrogens (tertiary/aromatic N) is 2. The first-order valence-corrected chi connectivity index (χ1v) is 11.9. The highest BCUT2D eigenvalue weighted by Crippen LogP contribution is 2.65. The molecule has 2 N–H and O–H groups in total. The van der Waals surface area contributed by atoms with Crippen LogP contribution in [0.25, 0.3) is 0 Å². The van der Waals surface area contributed by atoms with E-state index in [0.717, 1.165) is 23.6 Å². The predicted molar refractivity (Wildman–Crippen MR) is 131 cm³/mol. The second kappa shape index (κ2) is 10.2. The maximum Gasteiger partial charge on any atom is 0.251 e. The van der Waals surface area contributed by atoms with Crippen LogP contribution >= 0.6 is 11.6 Å². The van der Waals surface area contributed by atoms with Crippen molar-refractivity contribution in [3.63, 3.8) is 0 Å². The summed E-state index contributed by atoms with van der Waals surface area (Å²) in [7, 11) is 3.89. The van der Waals surface area contributed by atoms with E-state index in [0.29, 0.717) is 36.4 Å². The highest BCUT2D eigenvalue weighted by molar-refractivity contribution is 6.30. The van der Waals surface area contributed by atoms with Crippen LogP contribution in [-0.2, 0) is 11.2 Å². The van der Waals surface area contributed by atoms with Gasteiger partial charge in [0.2, 0.25) is 5.91 Å². The Morgan fingerprint density at radius 3 is 2.35 bits per heavy atom. The summed E-state index contributed by atoms with van der Waals surface area (Å²) >= 11 is 6.09. The number of hydrogen-bond donors (Lipinski definition) is 2. The number of benzene rings is 1. The van der Waals surface area contributed by atoms with Gasteiger partial charge in [-0.25, -0.2) is 8.78 Å². The van der Waals surface area contributed by atoms with Crippen molar-refractivity contribution in [2.45, 2.75) is 64.3 Å². The normalized spacial score (nSPS) is 16.9. The summed E-state index contributed by atoms with van der Waals surface area (Å²) in [5, 5.41) is 13.2. The molecule has 1 aromatic heterocycles. The maximum absolute atomic E-state index is 14.6. The molecule has 0 saturated heterocycles. The van der Waals surface area contributed by atoms with Crippen LogP contribution in [0.5, 0.6) is 5.75 Å². The third-order valence-corrected chi connectivity index (χ3v) is 7.44. The van der Waals surface area contributed by atoms with Crippen LogP contribution in [0.2, 0.25) is 5.02 Å². The van der Waals surface area contributed by atoms with E-state index in [1.165, 1.54) is 12.4 Å². The Morgan fingerprint density at radius 2 is 1.85 bits per heavy atom. The number of halogens is 3. The minimum absolute atomic E-state index is 0.000296. The number of pyridine rings is 1. The number of aryl methyl sites for hydroxylation is 2. The number of phenolic OH excluding ortho intramolecular Hbond substituents is 1. The first kappa shape index (κ1) is 26.4. The Labute approximate surface area is 205 Å². The average molecular weight is 494 g/mol. The molecule has 0 radical (unpaired) electrons. The molecular formula is C26H34ClF2N3O2. The van der Waals surface area contributed by atoms with Crippen LogP contribution in [0.3, 0.4) is 0 Å². The summed E-state index contributed by atoms with van der Waals surface area (Å²) < 4.78 is 29.2. The summed E-state index contributed by atoms with van der Waals surface area (Å²) in [6, 6.07) is 5.10. The molecule has 1 aliphatic rings. The minimum atomic E-state index is -2.92. The zero-order chi connectivity index (χ0) is 25.3. The van der Waals surface area contributed by atoms with Gasteiger partial charge < -0.3 is 15.3 Å². The van der Waals surface area contributed by atoms with E-state index in [1.807, 2.05) is 32.8 Å². The van der Waals surface area contributed by atoms with Gasteiger partial charge in [0.05, 0.1) is 5.02 Å². The third kappa shape index (κ3) is 5.87. The van der Waals surface area contributed by atoms with E-state index >= 15 is 0 Å². The molecule has 0 unspecified atom stereocenters. The third-order valence-electron chi connectivity index (χ3n) is 7.23. The van der Waals surface area contributed by atoms with Crippen molar-refractivity contribution < 1.29 is 18.7 Å². The number of nitrogens with one attached hydrogen (secondary N) is 1. The highest BCUT2D eigenvalue weighted by Gasteiger charge is 2.63. The van der Waals surface area contributed by atoms with Gasteiger partial charge in [-0.05, 0) is 94.6 Å². The van der Waals surface area contributed by atoms with Gasteiger partial charge in [0.15, 0.2) is 0 Å². The fourth-order valence-corrected chi connectivity index (χ4v) is 5.12. The molecule has 2 atom stereocenters. The summed E-state index contributed by atoms with van der Waals surface area (Å²) in [6.45, 7) is 5.23. The molecule has 1 saturated carbocycles. The summed E-state index contributed by atoms with van der Waals surface area (Å²) in [6.07, 6.45) is 4.35. The number of aromatic hydroxyl groups is 1. The number of rotatable bonds is 10. The predicted octanol–water partition coefficient (Wildman–Crippen LogP) is 5.26. The van der Waals surface area contributed by atoms with Gasteiger partial charge in [-0.3, -0.25) is 9.78 Å². The van der Waals surface area contributed by atoms with Crippen molar-refractivity contribution >= 4 is 17.5 Å². The van der Waals surface area contributed by atoms with Gasteiger partial charge in [-0.15, -0.1) is 0 Å². The fraction of sp³-hybridized carbons (Fsp3) is 0.538. The summed E-state index contributed by atoms with van der Waals surface area (Å²) in [5.74, 6) is -3.62. The molecular weight excluding hydrogens is 460 g/mol. The van der Waals surface area contributed by atoms with Crippen molar-refractivity contribution in [2.75, 3.05) is 20.6 Å². The monoisotopic (exact) mass is 493 g/mol. The lowest BCUT2D eigenvalue weighted by Gasteiger charge is -2.32. The zero-order valence-corrected chi connectivity index (χ0v) is 21.2. The van der Waals surface area contributed by atoms with Crippen LogP contribution < -0.4 is 5.32 Å². The molecule has 0 bridgehead atoms. The number of phenols is 1. The van der Waals surface area contributed by atoms with E-state index in [1.54, 1.807) is 18.2 Å². The number of likely N-dealkylation sites (N-methyl/N-ethyl adjacent to an activating group) is 1. The molecule has 1 amide bonds. The molecule has 0 aliphatic heterocycles. The van der Waals surface area contributed by atoms with E-state index in [9.17, 15) is 18.7 Å². The smallest absolute Gasteiger partial charge is 0.251 e. The molecule has 1 heterocycles. The number of aromatic nitrogens is 1. The first-order chi connectivity index (χ1) is 15.8. The number of amides is 1. The van der Waals surface area contributed by atoms with E-state index in [-0.39, 0.29) is 24.1 Å². The van der Waals surface area contributed by atoms with Gasteiger partial charge in [0.1, 0.15) is 5.75 Å². The zero-order valence-electron chi connectivity index (χ0n) is 20.5. The molecule has 34 heavy (non-hydrogen) atoms. The lowest BCUT2D eigenvalue weighted by atomic mass is 9.77. The Balaban J connectivity index is 1.74. The second-order valence-corrected chi connectivity index (χ2v) is 10.4. The average Bonchev–Trinajstić information content (AvgIpc) is 3.52. The molecule has 5 nitrogen and oxygen atoms in total. The van der Waals surface area contributed by atoms with Gasteiger partial charge in [0.25, 0.3) is 5.92 Å². The van der Waals surface area contributed by atoms with Gasteiger partial charge in [0, 0.05) is 42.7 Å². The van der Waals surface area contributed by atoms with Crippen LogP contribution in [0.1, 0.15) is 54.4 Å². The van der Waals surface area contributed by atoms with Crippen LogP contribution in [0, 0.1) is 19.3 Å². The highest BCUT2D eigenvalue weighted by atomic mass is 35.5. The number of carbonyl (C=O) groups is 1. The van der Waals surface area contributed by atoms with Crippen LogP contribution in [-0.4, -0.2) is 53.5 Å². The number of alkyl halides is 2. The summed E-state index contributed by atoms with van der Waals surface area (Å²) in [5.41, 5.74) is 2.42. The Morgan fingerprint density at radius 1 is 1.24 bits per heavy atom. The first-order valence-electron chi connectivity index (χ1n) is 11.5. The Kier molecular flexibility index (Phi) is 7.88. The standard InChI is InChI=1S/C26H34ClF2N3O2/c1-16-8-21(33)9-17(2)22(16)11-20(32(4)5)15-31-24(34)12-23(18-10-19(27)14-30-13-18)26(6-7-26)25(3,28)29/h8-10,13-14,20,23,33H,6-7,11-12,15H2,1-5H3,(H,31,34)/t20-,23+/m0/s1. The molecule has 1 aromatic carbocycles. The number of hydrogen-bond acceptors (Lipinski definition) is 4. The van der Waals surface area contributed by atoms with E-state index in [2.05, 4.69) is 10.3 Å². The maximum atomic E-state index is 14.6. The molecule has 186 valence electrons. The van der Waals surface area contributed by atoms with Gasteiger partial charge in [-0.2, -0.15) is 0 Å². The Hall–Kier alpha value is -2.25. The van der Waals surface area contributed by atoms with Crippen molar-refractivity contribution in [1.82, 2.24) is 15.2 Å². The van der Waals surface area contributed by atoms with E-state index in [4.69, 9.17) is 11.6 Å². The van der Waals surface area contributed by atoms with E-state index < -0.39 is 17.3 Å². The number of carbonyl (C=O) groups excluding carboxylic acids is 1. The second-order valence-electron chi connectivity index (χ2n) is 9.92. The van der Waals surface area contributed by atoms with Gasteiger partial charge >= 0.3 is 0 Å². The van der Waals surface area contributed by atoms with Crippen LogP contribution in [0.15, 0.2) is 30.6 Å². The molecule has 0 spiro atoms. The van der Waals surface area contributed by atoms with Crippen molar-refractivity contribution in [2.24, 2.45) is 5.41 Å². The molecule has 3 rings (SSSR count). The molecule has 1 aliphatic carbocycles. The molecule has 8 heteroatoms. The Bertz CT molecular complexity index is 1010. The topological polar surface area (TPSA) is 65.5 Å². The largest absolute Gasteiger partial charge is 0.508 e. The minimum Gasteiger partial charge on any atom is -0.508 e. The molecule has 2 aromatic rings. The van der Waals surface area contributed by atoms with Crippen molar-refractivity contribution in [3.8, 4) is 5.75 Å². The van der Waals surface area contributed by atoms with Crippen molar-refractivity contribution in [3.05, 3.63) is 57.9 Å². The fourth-order valence-electron chi connectivity index (χ4n) is 4.93. The van der Waals surface area contributed by atoms with Crippen molar-refractivity contribution in [1.29, 1.82) is 0 Å². The molecule has 1 fully saturated rings. The SMILES string of the molecule is Cc1cc(O)cc(C)c1C[C@@H](CNC(=O)C[C@H](c1cncc(Cl)c1)C1(C(C)(F)F)CC1)N(C)C. The van der Waals surface area contributed by atoms with Gasteiger partial charge in [-0.1, -0.05) is 11.6 Å². The van der Waals surface area contributed by atoms with Crippen LogP contribution in [0.4, 0.5) is 8.78 Å². The lowest BCUT2D eigenvalue weighted by Crippen LogP contribution is -2.43.